The quantitative estimate of drug-likeness (QED) is 0.589. The highest BCUT2D eigenvalue weighted by molar-refractivity contribution is 8.18. The highest BCUT2D eigenvalue weighted by Crippen LogP contribution is 2.31. The molecule has 3 aromatic rings. The van der Waals surface area contributed by atoms with Crippen molar-refractivity contribution in [2.24, 2.45) is 0 Å². The third-order valence-electron chi connectivity index (χ3n) is 4.35. The Kier molecular flexibility index (Phi) is 5.89. The number of rotatable bonds is 6. The first-order valence-corrected chi connectivity index (χ1v) is 9.99. The fourth-order valence-electron chi connectivity index (χ4n) is 2.80. The van der Waals surface area contributed by atoms with E-state index in [0.717, 1.165) is 16.7 Å². The summed E-state index contributed by atoms with van der Waals surface area (Å²) < 4.78 is 18.2. The molecule has 1 aliphatic heterocycles. The SMILES string of the molecule is O=C(NCCN1C(=O)S/C(=C\c2ccc(F)cc2)C1=O)c1cc(-c2cccnc2)on1. The van der Waals surface area contributed by atoms with Crippen molar-refractivity contribution in [3.05, 3.63) is 76.8 Å². The molecular weight excluding hydrogens is 423 g/mol. The molecule has 156 valence electrons. The summed E-state index contributed by atoms with van der Waals surface area (Å²) in [7, 11) is 0. The number of nitrogens with zero attached hydrogens (tertiary/aromatic N) is 3. The second kappa shape index (κ2) is 8.92. The van der Waals surface area contributed by atoms with Crippen molar-refractivity contribution in [3.8, 4) is 11.3 Å². The van der Waals surface area contributed by atoms with Gasteiger partial charge in [-0.1, -0.05) is 17.3 Å². The van der Waals surface area contributed by atoms with Gasteiger partial charge in [-0.3, -0.25) is 24.3 Å². The topological polar surface area (TPSA) is 105 Å². The summed E-state index contributed by atoms with van der Waals surface area (Å²) in [6, 6.07) is 10.6. The van der Waals surface area contributed by atoms with Gasteiger partial charge in [-0.05, 0) is 47.7 Å². The molecule has 31 heavy (non-hydrogen) atoms. The van der Waals surface area contributed by atoms with E-state index in [1.54, 1.807) is 24.5 Å². The summed E-state index contributed by atoms with van der Waals surface area (Å²) in [6.07, 6.45) is 4.73. The Morgan fingerprint density at radius 1 is 1.23 bits per heavy atom. The van der Waals surface area contributed by atoms with Crippen LogP contribution < -0.4 is 5.32 Å². The number of halogens is 1. The number of carbonyl (C=O) groups is 3. The zero-order valence-electron chi connectivity index (χ0n) is 15.9. The monoisotopic (exact) mass is 438 g/mol. The maximum atomic E-state index is 13.0. The molecule has 1 saturated heterocycles. The van der Waals surface area contributed by atoms with Crippen LogP contribution in [0.1, 0.15) is 16.1 Å². The van der Waals surface area contributed by atoms with Gasteiger partial charge < -0.3 is 9.84 Å². The van der Waals surface area contributed by atoms with Crippen molar-refractivity contribution >= 4 is 34.9 Å². The van der Waals surface area contributed by atoms with Crippen LogP contribution in [0.2, 0.25) is 0 Å². The highest BCUT2D eigenvalue weighted by atomic mass is 32.2. The van der Waals surface area contributed by atoms with Gasteiger partial charge in [-0.15, -0.1) is 0 Å². The number of nitrogens with one attached hydrogen (secondary N) is 1. The lowest BCUT2D eigenvalue weighted by atomic mass is 10.2. The van der Waals surface area contributed by atoms with Gasteiger partial charge in [0.05, 0.1) is 4.91 Å². The standard InChI is InChI=1S/C21H15FN4O4S/c22-15-5-3-13(4-6-15)10-18-20(28)26(21(29)31-18)9-8-24-19(27)16-11-17(30-25-16)14-2-1-7-23-12-14/h1-7,10-12H,8-9H2,(H,24,27)/b18-10-. The van der Waals surface area contributed by atoms with Gasteiger partial charge in [0.1, 0.15) is 5.82 Å². The molecule has 0 aliphatic carbocycles. The zero-order valence-corrected chi connectivity index (χ0v) is 16.8. The van der Waals surface area contributed by atoms with Crippen molar-refractivity contribution < 1.29 is 23.3 Å². The summed E-state index contributed by atoms with van der Waals surface area (Å²) in [6.45, 7) is 0.0558. The molecule has 0 spiro atoms. The minimum absolute atomic E-state index is 0.00444. The predicted octanol–water partition coefficient (Wildman–Crippen LogP) is 3.34. The van der Waals surface area contributed by atoms with Gasteiger partial charge in [0.25, 0.3) is 17.1 Å². The number of imide groups is 1. The first-order valence-electron chi connectivity index (χ1n) is 9.17. The molecule has 2 aromatic heterocycles. The highest BCUT2D eigenvalue weighted by Gasteiger charge is 2.34. The summed E-state index contributed by atoms with van der Waals surface area (Å²) in [5.41, 5.74) is 1.36. The van der Waals surface area contributed by atoms with E-state index in [2.05, 4.69) is 15.5 Å². The van der Waals surface area contributed by atoms with Crippen LogP contribution in [0.4, 0.5) is 9.18 Å². The Bertz CT molecular complexity index is 1160. The molecule has 0 unspecified atom stereocenters. The van der Waals surface area contributed by atoms with E-state index < -0.39 is 17.1 Å². The average molecular weight is 438 g/mol. The van der Waals surface area contributed by atoms with E-state index in [1.165, 1.54) is 36.4 Å². The number of benzene rings is 1. The summed E-state index contributed by atoms with van der Waals surface area (Å²) in [4.78, 5) is 42.2. The van der Waals surface area contributed by atoms with Gasteiger partial charge >= 0.3 is 0 Å². The summed E-state index contributed by atoms with van der Waals surface area (Å²) >= 11 is 0.796. The first kappa shape index (κ1) is 20.5. The molecule has 3 heterocycles. The third-order valence-corrected chi connectivity index (χ3v) is 5.26. The van der Waals surface area contributed by atoms with Crippen LogP contribution in [0.15, 0.2) is 64.3 Å². The van der Waals surface area contributed by atoms with E-state index >= 15 is 0 Å². The largest absolute Gasteiger partial charge is 0.355 e. The molecule has 1 aliphatic rings. The molecule has 1 fully saturated rings. The fraction of sp³-hybridized carbons (Fsp3) is 0.0952. The Morgan fingerprint density at radius 2 is 2.03 bits per heavy atom. The van der Waals surface area contributed by atoms with Gasteiger partial charge in [0.15, 0.2) is 11.5 Å². The predicted molar refractivity (Wildman–Crippen MR) is 111 cm³/mol. The number of carbonyl (C=O) groups excluding carboxylic acids is 3. The van der Waals surface area contributed by atoms with Crippen LogP contribution in [0, 0.1) is 5.82 Å². The number of thioether (sulfide) groups is 1. The molecule has 0 atom stereocenters. The molecule has 0 bridgehead atoms. The normalized spacial score (nSPS) is 15.0. The van der Waals surface area contributed by atoms with E-state index in [9.17, 15) is 18.8 Å². The number of hydrogen-bond donors (Lipinski definition) is 1. The Labute approximate surface area is 180 Å². The third kappa shape index (κ3) is 4.69. The van der Waals surface area contributed by atoms with Crippen LogP contribution in [-0.4, -0.2) is 45.2 Å². The van der Waals surface area contributed by atoms with Crippen molar-refractivity contribution in [1.82, 2.24) is 20.4 Å². The van der Waals surface area contributed by atoms with Crippen LogP contribution in [0.5, 0.6) is 0 Å². The van der Waals surface area contributed by atoms with E-state index in [1.807, 2.05) is 0 Å². The van der Waals surface area contributed by atoms with Crippen molar-refractivity contribution in [1.29, 1.82) is 0 Å². The van der Waals surface area contributed by atoms with Gasteiger partial charge in [0.2, 0.25) is 0 Å². The second-order valence-electron chi connectivity index (χ2n) is 6.46. The Morgan fingerprint density at radius 3 is 2.77 bits per heavy atom. The maximum absolute atomic E-state index is 13.0. The van der Waals surface area contributed by atoms with E-state index in [0.29, 0.717) is 16.9 Å². The van der Waals surface area contributed by atoms with Gasteiger partial charge in [-0.2, -0.15) is 0 Å². The maximum Gasteiger partial charge on any atom is 0.293 e. The van der Waals surface area contributed by atoms with Crippen LogP contribution in [0.3, 0.4) is 0 Å². The van der Waals surface area contributed by atoms with Gasteiger partial charge in [0, 0.05) is 37.1 Å². The number of pyridine rings is 1. The van der Waals surface area contributed by atoms with Crippen molar-refractivity contribution in [2.75, 3.05) is 13.1 Å². The summed E-state index contributed by atoms with van der Waals surface area (Å²) in [5, 5.41) is 5.91. The first-order chi connectivity index (χ1) is 15.0. The van der Waals surface area contributed by atoms with Gasteiger partial charge in [-0.25, -0.2) is 4.39 Å². The molecule has 10 heteroatoms. The Hall–Kier alpha value is -3.79. The molecular formula is C21H15FN4O4S. The van der Waals surface area contributed by atoms with Crippen LogP contribution in [0.25, 0.3) is 17.4 Å². The molecule has 0 saturated carbocycles. The second-order valence-corrected chi connectivity index (χ2v) is 7.45. The minimum Gasteiger partial charge on any atom is -0.355 e. The van der Waals surface area contributed by atoms with Crippen molar-refractivity contribution in [3.63, 3.8) is 0 Å². The molecule has 4 rings (SSSR count). The van der Waals surface area contributed by atoms with Crippen LogP contribution in [-0.2, 0) is 4.79 Å². The fourth-order valence-corrected chi connectivity index (χ4v) is 3.67. The Balaban J connectivity index is 1.33. The molecule has 3 amide bonds. The summed E-state index contributed by atoms with van der Waals surface area (Å²) in [5.74, 6) is -0.947. The lowest BCUT2D eigenvalue weighted by Gasteiger charge is -2.12. The van der Waals surface area contributed by atoms with E-state index in [-0.39, 0.29) is 29.5 Å². The molecule has 1 N–H and O–H groups in total. The molecule has 8 nitrogen and oxygen atoms in total. The number of amides is 3. The lowest BCUT2D eigenvalue weighted by molar-refractivity contribution is -0.122. The number of hydrogen-bond acceptors (Lipinski definition) is 7. The smallest absolute Gasteiger partial charge is 0.293 e. The number of aromatic nitrogens is 2. The molecule has 0 radical (unpaired) electrons. The zero-order chi connectivity index (χ0) is 21.8. The van der Waals surface area contributed by atoms with Crippen molar-refractivity contribution in [2.45, 2.75) is 0 Å². The van der Waals surface area contributed by atoms with Crippen LogP contribution >= 0.6 is 11.8 Å². The molecule has 1 aromatic carbocycles. The minimum atomic E-state index is -0.493. The lowest BCUT2D eigenvalue weighted by Crippen LogP contribution is -2.37. The average Bonchev–Trinajstić information content (AvgIpc) is 3.37. The van der Waals surface area contributed by atoms with E-state index in [4.69, 9.17) is 4.52 Å².